The van der Waals surface area contributed by atoms with E-state index in [1.165, 1.54) is 24.3 Å². The second-order valence-electron chi connectivity index (χ2n) is 4.11. The minimum absolute atomic E-state index is 0.0125. The van der Waals surface area contributed by atoms with Gasteiger partial charge in [-0.2, -0.15) is 10.2 Å². The summed E-state index contributed by atoms with van der Waals surface area (Å²) in [4.78, 5) is 10.1. The summed E-state index contributed by atoms with van der Waals surface area (Å²) < 4.78 is 1.64. The van der Waals surface area contributed by atoms with Crippen LogP contribution in [0.15, 0.2) is 34.5 Å². The van der Waals surface area contributed by atoms with Crippen molar-refractivity contribution < 1.29 is 4.92 Å². The predicted molar refractivity (Wildman–Crippen MR) is 74.3 cm³/mol. The lowest BCUT2D eigenvalue weighted by molar-refractivity contribution is -0.384. The van der Waals surface area contributed by atoms with Crippen LogP contribution in [-0.2, 0) is 6.54 Å². The van der Waals surface area contributed by atoms with E-state index in [2.05, 4.69) is 15.3 Å². The van der Waals surface area contributed by atoms with Gasteiger partial charge in [-0.15, -0.1) is 5.11 Å². The Morgan fingerprint density at radius 2 is 2.00 bits per heavy atom. The molecule has 1 aromatic carbocycles. The van der Waals surface area contributed by atoms with Gasteiger partial charge in [0.15, 0.2) is 5.69 Å². The van der Waals surface area contributed by atoms with E-state index in [-0.39, 0.29) is 5.69 Å². The Hall–Kier alpha value is -2.77. The van der Waals surface area contributed by atoms with E-state index in [0.29, 0.717) is 29.4 Å². The van der Waals surface area contributed by atoms with E-state index in [1.54, 1.807) is 11.6 Å². The average molecular weight is 274 g/mol. The summed E-state index contributed by atoms with van der Waals surface area (Å²) in [5.74, 6) is 0.454. The minimum Gasteiger partial charge on any atom is -0.382 e. The maximum absolute atomic E-state index is 10.5. The molecule has 0 saturated carbocycles. The molecule has 0 radical (unpaired) electrons. The monoisotopic (exact) mass is 274 g/mol. The summed E-state index contributed by atoms with van der Waals surface area (Å²) in [7, 11) is 0. The zero-order valence-electron chi connectivity index (χ0n) is 11.1. The van der Waals surface area contributed by atoms with Gasteiger partial charge in [-0.05, 0) is 26.0 Å². The van der Waals surface area contributed by atoms with Gasteiger partial charge in [0.1, 0.15) is 5.82 Å². The summed E-state index contributed by atoms with van der Waals surface area (Å²) in [5, 5.41) is 22.8. The van der Waals surface area contributed by atoms with Gasteiger partial charge in [-0.25, -0.2) is 4.68 Å². The largest absolute Gasteiger partial charge is 0.382 e. The average Bonchev–Trinajstić information content (AvgIpc) is 2.71. The van der Waals surface area contributed by atoms with Crippen molar-refractivity contribution in [1.82, 2.24) is 9.78 Å². The molecule has 2 N–H and O–H groups in total. The fraction of sp³-hybridized carbons (Fsp3) is 0.250. The number of nitro groups is 1. The number of nitro benzene ring substituents is 1. The van der Waals surface area contributed by atoms with E-state index in [9.17, 15) is 10.1 Å². The molecule has 2 aromatic rings. The number of non-ortho nitro benzene ring substituents is 1. The highest BCUT2D eigenvalue weighted by molar-refractivity contribution is 5.61. The molecule has 0 bridgehead atoms. The van der Waals surface area contributed by atoms with E-state index in [0.717, 1.165) is 0 Å². The molecule has 1 aromatic heterocycles. The molecule has 0 aliphatic carbocycles. The molecular formula is C12H14N6O2. The Bertz CT molecular complexity index is 659. The van der Waals surface area contributed by atoms with Gasteiger partial charge in [0.2, 0.25) is 0 Å². The molecule has 0 amide bonds. The molecule has 0 aliphatic heterocycles. The van der Waals surface area contributed by atoms with Crippen LogP contribution in [0.2, 0.25) is 0 Å². The number of hydrogen-bond acceptors (Lipinski definition) is 6. The molecule has 8 heteroatoms. The van der Waals surface area contributed by atoms with Gasteiger partial charge in [-0.1, -0.05) is 0 Å². The molecule has 0 fully saturated rings. The van der Waals surface area contributed by atoms with Gasteiger partial charge in [-0.3, -0.25) is 10.1 Å². The molecule has 0 spiro atoms. The van der Waals surface area contributed by atoms with Crippen molar-refractivity contribution in [3.05, 3.63) is 40.1 Å². The Labute approximate surface area is 115 Å². The molecule has 20 heavy (non-hydrogen) atoms. The molecule has 0 aliphatic rings. The second kappa shape index (κ2) is 5.47. The first kappa shape index (κ1) is 13.7. The number of benzene rings is 1. The molecule has 0 unspecified atom stereocenters. The molecule has 0 saturated heterocycles. The SMILES string of the molecule is CCn1nc(C)c(N=Nc2ccc([N+](=O)[O-])cc2)c1N. The Morgan fingerprint density at radius 1 is 1.35 bits per heavy atom. The number of hydrogen-bond donors (Lipinski definition) is 1. The van der Waals surface area contributed by atoms with Gasteiger partial charge >= 0.3 is 0 Å². The van der Waals surface area contributed by atoms with Crippen LogP contribution in [0.1, 0.15) is 12.6 Å². The first-order valence-electron chi connectivity index (χ1n) is 6.02. The zero-order chi connectivity index (χ0) is 14.7. The molecule has 1 heterocycles. The van der Waals surface area contributed by atoms with Crippen LogP contribution in [0.3, 0.4) is 0 Å². The van der Waals surface area contributed by atoms with E-state index in [1.807, 2.05) is 6.92 Å². The number of nitrogen functional groups attached to an aromatic ring is 1. The number of nitrogens with two attached hydrogens (primary N) is 1. The van der Waals surface area contributed by atoms with Crippen LogP contribution in [0.25, 0.3) is 0 Å². The Kier molecular flexibility index (Phi) is 3.74. The molecular weight excluding hydrogens is 260 g/mol. The summed E-state index contributed by atoms with van der Waals surface area (Å²) >= 11 is 0. The van der Waals surface area contributed by atoms with Crippen LogP contribution >= 0.6 is 0 Å². The first-order valence-corrected chi connectivity index (χ1v) is 6.02. The summed E-state index contributed by atoms with van der Waals surface area (Å²) in [6, 6.07) is 5.80. The zero-order valence-corrected chi connectivity index (χ0v) is 11.1. The maximum atomic E-state index is 10.5. The van der Waals surface area contributed by atoms with E-state index < -0.39 is 4.92 Å². The van der Waals surface area contributed by atoms with Crippen molar-refractivity contribution in [1.29, 1.82) is 0 Å². The molecule has 2 rings (SSSR count). The highest BCUT2D eigenvalue weighted by Gasteiger charge is 2.10. The van der Waals surface area contributed by atoms with Crippen molar-refractivity contribution >= 4 is 22.9 Å². The fourth-order valence-electron chi connectivity index (χ4n) is 1.70. The lowest BCUT2D eigenvalue weighted by atomic mass is 10.3. The topological polar surface area (TPSA) is 112 Å². The maximum Gasteiger partial charge on any atom is 0.269 e. The summed E-state index contributed by atoms with van der Waals surface area (Å²) in [5.41, 5.74) is 7.63. The van der Waals surface area contributed by atoms with Crippen LogP contribution in [0, 0.1) is 17.0 Å². The lowest BCUT2D eigenvalue weighted by Crippen LogP contribution is -2.01. The van der Waals surface area contributed by atoms with Crippen molar-refractivity contribution in [2.45, 2.75) is 20.4 Å². The van der Waals surface area contributed by atoms with Gasteiger partial charge in [0.05, 0.1) is 16.3 Å². The van der Waals surface area contributed by atoms with Crippen molar-refractivity contribution in [3.8, 4) is 0 Å². The van der Waals surface area contributed by atoms with E-state index >= 15 is 0 Å². The first-order chi connectivity index (χ1) is 9.52. The molecule has 8 nitrogen and oxygen atoms in total. The second-order valence-corrected chi connectivity index (χ2v) is 4.11. The number of aryl methyl sites for hydroxylation is 2. The third kappa shape index (κ3) is 2.63. The van der Waals surface area contributed by atoms with Crippen LogP contribution in [-0.4, -0.2) is 14.7 Å². The third-order valence-electron chi connectivity index (χ3n) is 2.76. The highest BCUT2D eigenvalue weighted by atomic mass is 16.6. The summed E-state index contributed by atoms with van der Waals surface area (Å²) in [6.45, 7) is 4.38. The van der Waals surface area contributed by atoms with Crippen LogP contribution in [0.5, 0.6) is 0 Å². The Balaban J connectivity index is 2.25. The smallest absolute Gasteiger partial charge is 0.269 e. The lowest BCUT2D eigenvalue weighted by Gasteiger charge is -1.97. The molecule has 104 valence electrons. The quantitative estimate of drug-likeness (QED) is 0.524. The van der Waals surface area contributed by atoms with E-state index in [4.69, 9.17) is 5.73 Å². The Morgan fingerprint density at radius 3 is 2.50 bits per heavy atom. The van der Waals surface area contributed by atoms with Crippen LogP contribution < -0.4 is 5.73 Å². The minimum atomic E-state index is -0.464. The van der Waals surface area contributed by atoms with Crippen molar-refractivity contribution in [3.63, 3.8) is 0 Å². The number of azo groups is 1. The summed E-state index contributed by atoms with van der Waals surface area (Å²) in [6.07, 6.45) is 0. The van der Waals surface area contributed by atoms with Crippen LogP contribution in [0.4, 0.5) is 22.9 Å². The standard InChI is InChI=1S/C12H14N6O2/c1-3-17-12(13)11(8(2)16-17)15-14-9-4-6-10(7-5-9)18(19)20/h4-7H,3,13H2,1-2H3. The normalized spacial score (nSPS) is 11.1. The fourth-order valence-corrected chi connectivity index (χ4v) is 1.70. The third-order valence-corrected chi connectivity index (χ3v) is 2.76. The number of rotatable bonds is 4. The van der Waals surface area contributed by atoms with Crippen molar-refractivity contribution in [2.75, 3.05) is 5.73 Å². The number of nitrogens with zero attached hydrogens (tertiary/aromatic N) is 5. The highest BCUT2D eigenvalue weighted by Crippen LogP contribution is 2.28. The van der Waals surface area contributed by atoms with Gasteiger partial charge in [0.25, 0.3) is 5.69 Å². The predicted octanol–water partition coefficient (Wildman–Crippen LogP) is 3.12. The molecule has 0 atom stereocenters. The van der Waals surface area contributed by atoms with Gasteiger partial charge < -0.3 is 5.73 Å². The van der Waals surface area contributed by atoms with Gasteiger partial charge in [0, 0.05) is 18.7 Å². The number of aromatic nitrogens is 2. The number of anilines is 1. The van der Waals surface area contributed by atoms with Crippen molar-refractivity contribution in [2.24, 2.45) is 10.2 Å².